The molecule has 3 aliphatic heterocycles. The molecule has 0 radical (unpaired) electrons. The van der Waals surface area contributed by atoms with Crippen molar-refractivity contribution in [1.82, 2.24) is 0 Å². The number of anilines is 1. The molecule has 3 heterocycles. The van der Waals surface area contributed by atoms with Gasteiger partial charge in [0.25, 0.3) is 0 Å². The number of ether oxygens (including phenoxy) is 3. The van der Waals surface area contributed by atoms with Gasteiger partial charge in [-0.3, -0.25) is 5.32 Å². The zero-order valence-corrected chi connectivity index (χ0v) is 12.8. The van der Waals surface area contributed by atoms with E-state index in [1.54, 1.807) is 0 Å². The largest absolute Gasteiger partial charge is 0.443 e. The van der Waals surface area contributed by atoms with Gasteiger partial charge in [-0.25, -0.2) is 4.79 Å². The van der Waals surface area contributed by atoms with E-state index in [0.717, 1.165) is 12.1 Å². The average molecular weight is 303 g/mol. The molecule has 0 spiro atoms. The number of hydrogen-bond acceptors (Lipinski definition) is 4. The maximum absolute atomic E-state index is 12.2. The molecule has 5 nitrogen and oxygen atoms in total. The first-order valence-electron chi connectivity index (χ1n) is 7.90. The molecule has 118 valence electrons. The van der Waals surface area contributed by atoms with Crippen molar-refractivity contribution < 1.29 is 19.0 Å². The summed E-state index contributed by atoms with van der Waals surface area (Å²) in [5, 5.41) is 2.77. The summed E-state index contributed by atoms with van der Waals surface area (Å²) in [6, 6.07) is 9.33. The van der Waals surface area contributed by atoms with Crippen LogP contribution in [0.4, 0.5) is 10.5 Å². The van der Waals surface area contributed by atoms with E-state index in [1.807, 2.05) is 30.3 Å². The number of fused-ring (bicyclic) bond motifs is 1. The van der Waals surface area contributed by atoms with Gasteiger partial charge in [0, 0.05) is 17.5 Å². The maximum Gasteiger partial charge on any atom is 0.411 e. The highest BCUT2D eigenvalue weighted by atomic mass is 16.7. The van der Waals surface area contributed by atoms with E-state index >= 15 is 0 Å². The fourth-order valence-electron chi connectivity index (χ4n) is 4.25. The molecule has 6 atom stereocenters. The van der Waals surface area contributed by atoms with E-state index in [1.165, 1.54) is 0 Å². The Bertz CT molecular complexity index is 577. The third kappa shape index (κ3) is 2.03. The van der Waals surface area contributed by atoms with Gasteiger partial charge in [-0.05, 0) is 31.4 Å². The predicted molar refractivity (Wildman–Crippen MR) is 80.3 cm³/mol. The maximum atomic E-state index is 12.2. The Labute approximate surface area is 129 Å². The van der Waals surface area contributed by atoms with E-state index in [4.69, 9.17) is 14.2 Å². The van der Waals surface area contributed by atoms with Crippen molar-refractivity contribution in [3.63, 3.8) is 0 Å². The van der Waals surface area contributed by atoms with Gasteiger partial charge in [0.1, 0.15) is 11.7 Å². The molecule has 5 rings (SSSR count). The number of amides is 1. The average Bonchev–Trinajstić information content (AvgIpc) is 2.74. The van der Waals surface area contributed by atoms with Crippen molar-refractivity contribution in [3.05, 3.63) is 30.3 Å². The second-order valence-electron chi connectivity index (χ2n) is 6.75. The monoisotopic (exact) mass is 303 g/mol. The van der Waals surface area contributed by atoms with Crippen LogP contribution in [0.25, 0.3) is 0 Å². The molecule has 4 aliphatic rings. The lowest BCUT2D eigenvalue weighted by atomic mass is 9.76. The topological polar surface area (TPSA) is 56.8 Å². The van der Waals surface area contributed by atoms with E-state index in [2.05, 4.69) is 19.2 Å². The lowest BCUT2D eigenvalue weighted by Gasteiger charge is -2.51. The van der Waals surface area contributed by atoms with Crippen molar-refractivity contribution in [3.8, 4) is 0 Å². The van der Waals surface area contributed by atoms with Crippen molar-refractivity contribution in [2.75, 3.05) is 11.9 Å². The zero-order valence-electron chi connectivity index (χ0n) is 12.8. The third-order valence-electron chi connectivity index (χ3n) is 5.56. The minimum atomic E-state index is -0.422. The zero-order chi connectivity index (χ0) is 15.3. The fourth-order valence-corrected chi connectivity index (χ4v) is 4.25. The van der Waals surface area contributed by atoms with Crippen molar-refractivity contribution >= 4 is 11.8 Å². The van der Waals surface area contributed by atoms with Crippen molar-refractivity contribution in [2.24, 2.45) is 17.8 Å². The summed E-state index contributed by atoms with van der Waals surface area (Å²) < 4.78 is 17.5. The SMILES string of the molecule is CC1C2OCC3C1C[C@H](OC(=O)Nc1ccccc1)C3(C)O2. The summed E-state index contributed by atoms with van der Waals surface area (Å²) in [7, 11) is 0. The number of carbonyl (C=O) groups is 1. The molecule has 1 saturated carbocycles. The molecule has 0 aromatic heterocycles. The molecule has 3 saturated heterocycles. The van der Waals surface area contributed by atoms with Crippen LogP contribution < -0.4 is 5.32 Å². The Kier molecular flexibility index (Phi) is 3.16. The van der Waals surface area contributed by atoms with Gasteiger partial charge < -0.3 is 14.2 Å². The summed E-state index contributed by atoms with van der Waals surface area (Å²) in [5.74, 6) is 1.17. The Morgan fingerprint density at radius 1 is 1.36 bits per heavy atom. The van der Waals surface area contributed by atoms with Crippen LogP contribution in [-0.4, -0.2) is 30.7 Å². The number of hydrogen-bond donors (Lipinski definition) is 1. The van der Waals surface area contributed by atoms with E-state index in [-0.39, 0.29) is 12.4 Å². The van der Waals surface area contributed by atoms with Gasteiger partial charge in [-0.15, -0.1) is 0 Å². The normalized spacial score (nSPS) is 42.2. The quantitative estimate of drug-likeness (QED) is 0.912. The highest BCUT2D eigenvalue weighted by Gasteiger charge is 2.64. The summed E-state index contributed by atoms with van der Waals surface area (Å²) in [5.41, 5.74) is 0.312. The molecular weight excluding hydrogens is 282 g/mol. The van der Waals surface area contributed by atoms with Gasteiger partial charge in [-0.2, -0.15) is 0 Å². The lowest BCUT2D eigenvalue weighted by molar-refractivity contribution is -0.337. The van der Waals surface area contributed by atoms with Gasteiger partial charge >= 0.3 is 6.09 Å². The number of rotatable bonds is 2. The van der Waals surface area contributed by atoms with Crippen LogP contribution in [0.2, 0.25) is 0 Å². The van der Waals surface area contributed by atoms with Crippen LogP contribution in [0, 0.1) is 17.8 Å². The minimum absolute atomic E-state index is 0.161. The molecule has 1 aromatic rings. The molecular formula is C17H21NO4. The Balaban J connectivity index is 1.47. The Morgan fingerprint density at radius 2 is 2.14 bits per heavy atom. The van der Waals surface area contributed by atoms with Gasteiger partial charge in [-0.1, -0.05) is 25.1 Å². The highest BCUT2D eigenvalue weighted by molar-refractivity contribution is 5.84. The number of nitrogens with one attached hydrogen (secondary N) is 1. The molecule has 5 unspecified atom stereocenters. The smallest absolute Gasteiger partial charge is 0.411 e. The number of carbonyl (C=O) groups excluding carboxylic acids is 1. The summed E-state index contributed by atoms with van der Waals surface area (Å²) in [6.07, 6.45) is 0.0519. The minimum Gasteiger partial charge on any atom is -0.443 e. The molecule has 1 aliphatic carbocycles. The highest BCUT2D eigenvalue weighted by Crippen LogP contribution is 2.56. The standard InChI is InChI=1S/C17H21NO4/c1-10-12-8-14(17(2)13(12)9-20-15(10)22-17)21-16(19)18-11-6-4-3-5-7-11/h3-7,10,12-15H,8-9H2,1-2H3,(H,18,19)/t10?,12?,13?,14-,15?,17?/m0/s1. The molecule has 1 aromatic carbocycles. The van der Waals surface area contributed by atoms with Crippen LogP contribution in [0.1, 0.15) is 20.3 Å². The van der Waals surface area contributed by atoms with E-state index < -0.39 is 11.7 Å². The summed E-state index contributed by atoms with van der Waals surface area (Å²) in [6.45, 7) is 4.92. The van der Waals surface area contributed by atoms with Gasteiger partial charge in [0.15, 0.2) is 6.29 Å². The van der Waals surface area contributed by atoms with Gasteiger partial charge in [0.05, 0.1) is 6.61 Å². The molecule has 4 fully saturated rings. The Hall–Kier alpha value is -1.59. The molecule has 4 bridgehead atoms. The van der Waals surface area contributed by atoms with E-state index in [0.29, 0.717) is 24.4 Å². The number of para-hydroxylation sites is 1. The Morgan fingerprint density at radius 3 is 2.86 bits per heavy atom. The predicted octanol–water partition coefficient (Wildman–Crippen LogP) is 3.02. The molecule has 1 amide bonds. The van der Waals surface area contributed by atoms with E-state index in [9.17, 15) is 4.79 Å². The summed E-state index contributed by atoms with van der Waals surface area (Å²) in [4.78, 5) is 12.2. The van der Waals surface area contributed by atoms with Crippen LogP contribution in [-0.2, 0) is 14.2 Å². The van der Waals surface area contributed by atoms with Crippen LogP contribution in [0.5, 0.6) is 0 Å². The molecule has 5 heteroatoms. The summed E-state index contributed by atoms with van der Waals surface area (Å²) >= 11 is 0. The molecule has 22 heavy (non-hydrogen) atoms. The van der Waals surface area contributed by atoms with Crippen LogP contribution in [0.3, 0.4) is 0 Å². The number of benzene rings is 1. The first kappa shape index (κ1) is 14.0. The second kappa shape index (κ2) is 4.96. The fraction of sp³-hybridized carbons (Fsp3) is 0.588. The third-order valence-corrected chi connectivity index (χ3v) is 5.56. The first-order chi connectivity index (χ1) is 10.6. The van der Waals surface area contributed by atoms with Crippen molar-refractivity contribution in [2.45, 2.75) is 38.3 Å². The lowest BCUT2D eigenvalue weighted by Crippen LogP contribution is -2.59. The second-order valence-corrected chi connectivity index (χ2v) is 6.75. The van der Waals surface area contributed by atoms with Crippen LogP contribution in [0.15, 0.2) is 30.3 Å². The van der Waals surface area contributed by atoms with Crippen molar-refractivity contribution in [1.29, 1.82) is 0 Å². The molecule has 1 N–H and O–H groups in total. The van der Waals surface area contributed by atoms with Gasteiger partial charge in [0.2, 0.25) is 0 Å². The first-order valence-corrected chi connectivity index (χ1v) is 7.90. The van der Waals surface area contributed by atoms with Crippen LogP contribution >= 0.6 is 0 Å².